The van der Waals surface area contributed by atoms with Crippen molar-refractivity contribution in [3.8, 4) is 0 Å². The molecule has 0 aliphatic heterocycles. The molecule has 26 heavy (non-hydrogen) atoms. The molecule has 0 saturated heterocycles. The number of carbonyl (C=O) groups excluding carboxylic acids is 1. The van der Waals surface area contributed by atoms with Gasteiger partial charge in [0.1, 0.15) is 4.99 Å². The van der Waals surface area contributed by atoms with Gasteiger partial charge in [-0.3, -0.25) is 9.78 Å². The summed E-state index contributed by atoms with van der Waals surface area (Å²) in [6.45, 7) is 2.38. The van der Waals surface area contributed by atoms with Crippen molar-refractivity contribution in [2.45, 2.75) is 26.3 Å². The van der Waals surface area contributed by atoms with Crippen molar-refractivity contribution in [1.82, 2.24) is 10.3 Å². The van der Waals surface area contributed by atoms with Gasteiger partial charge in [0.15, 0.2) is 5.78 Å². The van der Waals surface area contributed by atoms with Gasteiger partial charge in [0.25, 0.3) is 0 Å². The number of aliphatic hydroxyl groups is 1. The van der Waals surface area contributed by atoms with Crippen LogP contribution in [0.25, 0.3) is 0 Å². The summed E-state index contributed by atoms with van der Waals surface area (Å²) in [6.07, 6.45) is 4.11. The van der Waals surface area contributed by atoms with Crippen LogP contribution in [-0.2, 0) is 11.3 Å². The number of carbonyl (C=O) groups is 1. The second-order valence-corrected chi connectivity index (χ2v) is 6.19. The number of aliphatic hydroxyl groups excluding tert-OH is 1. The van der Waals surface area contributed by atoms with Gasteiger partial charge in [0.2, 0.25) is 0 Å². The lowest BCUT2D eigenvalue weighted by Gasteiger charge is -2.16. The monoisotopic (exact) mass is 369 g/mol. The molecular weight excluding hydrogens is 346 g/mol. The lowest BCUT2D eigenvalue weighted by Crippen LogP contribution is -2.25. The number of ketones is 1. The summed E-state index contributed by atoms with van der Waals surface area (Å²) >= 11 is 5.49. The highest BCUT2D eigenvalue weighted by atomic mass is 32.1. The number of rotatable bonds is 9. The molecule has 2 aromatic rings. The Morgan fingerprint density at radius 2 is 1.85 bits per heavy atom. The number of nitrogens with one attached hydrogen (secondary N) is 2. The van der Waals surface area contributed by atoms with E-state index in [0.717, 1.165) is 11.3 Å². The quantitative estimate of drug-likeness (QED) is 0.465. The van der Waals surface area contributed by atoms with Gasteiger partial charge in [-0.05, 0) is 43.2 Å². The molecular formula is C20H23N3O2S. The molecule has 0 aliphatic carbocycles. The number of hydrogen-bond donors (Lipinski definition) is 3. The molecule has 1 heterocycles. The Morgan fingerprint density at radius 1 is 1.15 bits per heavy atom. The third kappa shape index (κ3) is 6.06. The highest BCUT2D eigenvalue weighted by Gasteiger charge is 2.18. The predicted molar refractivity (Wildman–Crippen MR) is 108 cm³/mol. The molecule has 5 nitrogen and oxygen atoms in total. The minimum absolute atomic E-state index is 0.0264. The number of para-hydroxylation sites is 1. The Balaban J connectivity index is 2.17. The predicted octanol–water partition coefficient (Wildman–Crippen LogP) is 3.23. The summed E-state index contributed by atoms with van der Waals surface area (Å²) in [5, 5.41) is 15.4. The molecule has 0 aliphatic rings. The van der Waals surface area contributed by atoms with Crippen LogP contribution in [0.2, 0.25) is 0 Å². The van der Waals surface area contributed by atoms with Crippen molar-refractivity contribution in [3.05, 3.63) is 71.7 Å². The van der Waals surface area contributed by atoms with Gasteiger partial charge in [0, 0.05) is 43.4 Å². The first-order chi connectivity index (χ1) is 12.6. The molecule has 2 rings (SSSR count). The number of anilines is 1. The molecule has 136 valence electrons. The molecule has 6 heteroatoms. The first-order valence-electron chi connectivity index (χ1n) is 8.46. The summed E-state index contributed by atoms with van der Waals surface area (Å²) in [4.78, 5) is 17.0. The lowest BCUT2D eigenvalue weighted by molar-refractivity contribution is -0.115. The molecule has 0 atom stereocenters. The van der Waals surface area contributed by atoms with Gasteiger partial charge in [-0.25, -0.2) is 0 Å². The van der Waals surface area contributed by atoms with Crippen LogP contribution in [0.1, 0.15) is 25.3 Å². The van der Waals surface area contributed by atoms with Crippen molar-refractivity contribution in [2.75, 3.05) is 11.9 Å². The molecule has 0 saturated carbocycles. The van der Waals surface area contributed by atoms with E-state index >= 15 is 0 Å². The molecule has 0 fully saturated rings. The highest BCUT2D eigenvalue weighted by Crippen LogP contribution is 2.14. The fourth-order valence-electron chi connectivity index (χ4n) is 2.41. The minimum Gasteiger partial charge on any atom is -0.396 e. The van der Waals surface area contributed by atoms with E-state index in [-0.39, 0.29) is 18.8 Å². The second kappa shape index (κ2) is 10.4. The van der Waals surface area contributed by atoms with E-state index in [2.05, 4.69) is 15.6 Å². The lowest BCUT2D eigenvalue weighted by atomic mass is 10.0. The average Bonchev–Trinajstić information content (AvgIpc) is 2.66. The van der Waals surface area contributed by atoms with E-state index in [9.17, 15) is 4.79 Å². The van der Waals surface area contributed by atoms with Gasteiger partial charge < -0.3 is 15.7 Å². The Hall–Kier alpha value is -2.57. The summed E-state index contributed by atoms with van der Waals surface area (Å²) in [5.74, 6) is -0.0905. The second-order valence-electron chi connectivity index (χ2n) is 5.78. The number of nitrogens with zero attached hydrogens (tertiary/aromatic N) is 1. The van der Waals surface area contributed by atoms with Gasteiger partial charge >= 0.3 is 0 Å². The Labute approximate surface area is 159 Å². The van der Waals surface area contributed by atoms with Gasteiger partial charge in [0.05, 0.1) is 5.57 Å². The smallest absolute Gasteiger partial charge is 0.167 e. The number of allylic oxidation sites excluding steroid dienone is 1. The molecule has 1 aromatic carbocycles. The van der Waals surface area contributed by atoms with E-state index in [1.54, 1.807) is 12.4 Å². The minimum atomic E-state index is -0.0905. The molecule has 0 radical (unpaired) electrons. The van der Waals surface area contributed by atoms with Crippen LogP contribution in [0.4, 0.5) is 5.69 Å². The molecule has 0 unspecified atom stereocenters. The SMILES string of the molecule is C/C(NCc1ccncc1)=C(\C(=O)CCCO)C(=S)Nc1ccccc1. The maximum Gasteiger partial charge on any atom is 0.167 e. The maximum atomic E-state index is 12.6. The van der Waals surface area contributed by atoms with Crippen molar-refractivity contribution in [2.24, 2.45) is 0 Å². The van der Waals surface area contributed by atoms with E-state index in [1.165, 1.54) is 0 Å². The van der Waals surface area contributed by atoms with Crippen LogP contribution in [0.3, 0.4) is 0 Å². The Bertz CT molecular complexity index is 761. The third-order valence-electron chi connectivity index (χ3n) is 3.78. The Morgan fingerprint density at radius 3 is 2.50 bits per heavy atom. The van der Waals surface area contributed by atoms with Crippen LogP contribution in [-0.4, -0.2) is 27.5 Å². The van der Waals surface area contributed by atoms with E-state index in [1.807, 2.05) is 49.4 Å². The molecule has 0 amide bonds. The number of benzene rings is 1. The number of Topliss-reactive ketones (excluding diaryl/α,β-unsaturated/α-hetero) is 1. The third-order valence-corrected chi connectivity index (χ3v) is 4.09. The average molecular weight is 369 g/mol. The van der Waals surface area contributed by atoms with Gasteiger partial charge in [-0.2, -0.15) is 0 Å². The first kappa shape index (κ1) is 19.8. The van der Waals surface area contributed by atoms with E-state index in [0.29, 0.717) is 29.2 Å². The zero-order valence-electron chi connectivity index (χ0n) is 14.7. The van der Waals surface area contributed by atoms with Crippen LogP contribution < -0.4 is 10.6 Å². The Kier molecular flexibility index (Phi) is 7.92. The zero-order chi connectivity index (χ0) is 18.8. The number of pyridine rings is 1. The van der Waals surface area contributed by atoms with Crippen molar-refractivity contribution in [3.63, 3.8) is 0 Å². The van der Waals surface area contributed by atoms with E-state index < -0.39 is 0 Å². The van der Waals surface area contributed by atoms with Crippen LogP contribution >= 0.6 is 12.2 Å². The molecule has 3 N–H and O–H groups in total. The summed E-state index contributed by atoms with van der Waals surface area (Å²) < 4.78 is 0. The van der Waals surface area contributed by atoms with Crippen LogP contribution in [0, 0.1) is 0 Å². The molecule has 0 spiro atoms. The van der Waals surface area contributed by atoms with Crippen LogP contribution in [0.15, 0.2) is 66.1 Å². The zero-order valence-corrected chi connectivity index (χ0v) is 15.6. The topological polar surface area (TPSA) is 74.2 Å². The van der Waals surface area contributed by atoms with Gasteiger partial charge in [-0.15, -0.1) is 0 Å². The molecule has 0 bridgehead atoms. The maximum absolute atomic E-state index is 12.6. The number of aromatic nitrogens is 1. The van der Waals surface area contributed by atoms with E-state index in [4.69, 9.17) is 17.3 Å². The summed E-state index contributed by atoms with van der Waals surface area (Å²) in [7, 11) is 0. The van der Waals surface area contributed by atoms with Crippen molar-refractivity contribution >= 4 is 28.7 Å². The fourth-order valence-corrected chi connectivity index (χ4v) is 2.79. The van der Waals surface area contributed by atoms with Crippen molar-refractivity contribution in [1.29, 1.82) is 0 Å². The standard InChI is InChI=1S/C20H23N3O2S/c1-15(22-14-16-9-11-21-12-10-16)19(18(25)8-5-13-24)20(26)23-17-6-3-2-4-7-17/h2-4,6-7,9-12,22,24H,5,8,13-14H2,1H3,(H,23,26)/b19-15-. The number of thiocarbonyl (C=S) groups is 1. The molecule has 1 aromatic heterocycles. The fraction of sp³-hybridized carbons (Fsp3) is 0.250. The highest BCUT2D eigenvalue weighted by molar-refractivity contribution is 7.81. The first-order valence-corrected chi connectivity index (χ1v) is 8.86. The summed E-state index contributed by atoms with van der Waals surface area (Å²) in [5.41, 5.74) is 3.04. The number of hydrogen-bond acceptors (Lipinski definition) is 5. The summed E-state index contributed by atoms with van der Waals surface area (Å²) in [6, 6.07) is 13.3. The van der Waals surface area contributed by atoms with Crippen molar-refractivity contribution < 1.29 is 9.90 Å². The van der Waals surface area contributed by atoms with Gasteiger partial charge in [-0.1, -0.05) is 30.4 Å². The largest absolute Gasteiger partial charge is 0.396 e. The normalized spacial score (nSPS) is 11.5. The van der Waals surface area contributed by atoms with Crippen LogP contribution in [0.5, 0.6) is 0 Å².